The third kappa shape index (κ3) is 3.28. The Morgan fingerprint density at radius 3 is 1.03 bits per heavy atom. The van der Waals surface area contributed by atoms with E-state index in [-0.39, 0.29) is 0 Å². The van der Waals surface area contributed by atoms with Crippen molar-refractivity contribution < 1.29 is 0 Å². The highest BCUT2D eigenvalue weighted by Crippen LogP contribution is 2.45. The molecule has 4 aromatic carbocycles. The summed E-state index contributed by atoms with van der Waals surface area (Å²) in [6.45, 7) is 0. The number of benzene rings is 4. The fourth-order valence-electron chi connectivity index (χ4n) is 4.80. The van der Waals surface area contributed by atoms with Gasteiger partial charge in [0.05, 0.1) is 0 Å². The summed E-state index contributed by atoms with van der Waals surface area (Å²) in [5, 5.41) is 3.07. The molecule has 1 heterocycles. The zero-order valence-electron chi connectivity index (χ0n) is 16.5. The molecule has 1 aliphatic rings. The van der Waals surface area contributed by atoms with E-state index in [0.717, 1.165) is 12.1 Å². The van der Waals surface area contributed by atoms with Crippen LogP contribution >= 0.6 is 0 Å². The topological polar surface area (TPSA) is 0 Å². The van der Waals surface area contributed by atoms with Crippen LogP contribution in [-0.2, 0) is 0 Å². The second-order valence-electron chi connectivity index (χ2n) is 7.86. The molecule has 0 saturated carbocycles. The third-order valence-corrected chi connectivity index (χ3v) is 11.0. The summed E-state index contributed by atoms with van der Waals surface area (Å²) in [5.74, 6) is 0. The SMILES string of the molecule is c1ccc(C2=C(c3ccccc3)C[Si](c3ccccc3)(c3ccccc3)C2)cc1. The smallest absolute Gasteiger partial charge is 0.0626 e. The molecule has 0 N–H and O–H groups in total. The van der Waals surface area contributed by atoms with Gasteiger partial charge in [0.25, 0.3) is 0 Å². The zero-order valence-corrected chi connectivity index (χ0v) is 17.5. The van der Waals surface area contributed by atoms with Crippen molar-refractivity contribution in [2.45, 2.75) is 12.1 Å². The van der Waals surface area contributed by atoms with Crippen molar-refractivity contribution in [1.29, 1.82) is 0 Å². The number of allylic oxidation sites excluding steroid dienone is 2. The monoisotopic (exact) mass is 388 g/mol. The average Bonchev–Trinajstić information content (AvgIpc) is 3.24. The fraction of sp³-hybridized carbons (Fsp3) is 0.0714. The van der Waals surface area contributed by atoms with E-state index in [1.807, 2.05) is 0 Å². The van der Waals surface area contributed by atoms with Gasteiger partial charge in [0, 0.05) is 0 Å². The van der Waals surface area contributed by atoms with Gasteiger partial charge >= 0.3 is 0 Å². The maximum Gasteiger partial charge on any atom is 0.126 e. The first-order chi connectivity index (χ1) is 14.4. The van der Waals surface area contributed by atoms with Crippen LogP contribution in [0.3, 0.4) is 0 Å². The number of rotatable bonds is 4. The van der Waals surface area contributed by atoms with Crippen LogP contribution in [0.25, 0.3) is 11.1 Å². The summed E-state index contributed by atoms with van der Waals surface area (Å²) < 4.78 is 0. The molecule has 0 aromatic heterocycles. The van der Waals surface area contributed by atoms with Gasteiger partial charge in [0.15, 0.2) is 0 Å². The van der Waals surface area contributed by atoms with Crippen LogP contribution in [-0.4, -0.2) is 8.07 Å². The highest BCUT2D eigenvalue weighted by Gasteiger charge is 2.44. The van der Waals surface area contributed by atoms with Crippen LogP contribution < -0.4 is 10.4 Å². The van der Waals surface area contributed by atoms with Gasteiger partial charge in [-0.2, -0.15) is 0 Å². The second kappa shape index (κ2) is 7.69. The zero-order chi connectivity index (χ0) is 19.5. The van der Waals surface area contributed by atoms with Crippen molar-refractivity contribution >= 4 is 29.6 Å². The Hall–Kier alpha value is -3.16. The van der Waals surface area contributed by atoms with E-state index in [0.29, 0.717) is 0 Å². The molecule has 0 radical (unpaired) electrons. The highest BCUT2D eigenvalue weighted by molar-refractivity contribution is 7.05. The Morgan fingerprint density at radius 1 is 0.379 bits per heavy atom. The van der Waals surface area contributed by atoms with E-state index in [4.69, 9.17) is 0 Å². The van der Waals surface area contributed by atoms with Crippen LogP contribution in [0.15, 0.2) is 121 Å². The molecule has 0 nitrogen and oxygen atoms in total. The number of hydrogen-bond donors (Lipinski definition) is 0. The Morgan fingerprint density at radius 2 is 0.690 bits per heavy atom. The van der Waals surface area contributed by atoms with Crippen LogP contribution in [0.2, 0.25) is 12.1 Å². The molecule has 140 valence electrons. The summed E-state index contributed by atoms with van der Waals surface area (Å²) in [5.41, 5.74) is 5.78. The van der Waals surface area contributed by atoms with Crippen molar-refractivity contribution in [2.75, 3.05) is 0 Å². The summed E-state index contributed by atoms with van der Waals surface area (Å²) in [6.07, 6.45) is 0. The van der Waals surface area contributed by atoms with Gasteiger partial charge in [-0.05, 0) is 34.4 Å². The van der Waals surface area contributed by atoms with Crippen molar-refractivity contribution in [1.82, 2.24) is 0 Å². The van der Waals surface area contributed by atoms with E-state index in [9.17, 15) is 0 Å². The quantitative estimate of drug-likeness (QED) is 0.383. The summed E-state index contributed by atoms with van der Waals surface area (Å²) in [6, 6.07) is 46.8. The molecule has 29 heavy (non-hydrogen) atoms. The third-order valence-electron chi connectivity index (χ3n) is 6.22. The highest BCUT2D eigenvalue weighted by atomic mass is 28.3. The molecule has 0 aliphatic carbocycles. The van der Waals surface area contributed by atoms with Gasteiger partial charge in [-0.3, -0.25) is 0 Å². The van der Waals surface area contributed by atoms with Crippen molar-refractivity contribution in [2.24, 2.45) is 0 Å². The predicted molar refractivity (Wildman–Crippen MR) is 127 cm³/mol. The largest absolute Gasteiger partial charge is 0.126 e. The van der Waals surface area contributed by atoms with Crippen LogP contribution in [0, 0.1) is 0 Å². The van der Waals surface area contributed by atoms with Gasteiger partial charge in [0.2, 0.25) is 0 Å². The van der Waals surface area contributed by atoms with E-state index in [1.165, 1.54) is 32.6 Å². The summed E-state index contributed by atoms with van der Waals surface area (Å²) >= 11 is 0. The van der Waals surface area contributed by atoms with Gasteiger partial charge in [0.1, 0.15) is 8.07 Å². The molecule has 0 amide bonds. The minimum Gasteiger partial charge on any atom is -0.0626 e. The molecule has 0 bridgehead atoms. The normalized spacial score (nSPS) is 15.4. The Balaban J connectivity index is 1.72. The maximum absolute atomic E-state index is 2.36. The first-order valence-corrected chi connectivity index (χ1v) is 12.7. The molecule has 0 atom stereocenters. The van der Waals surface area contributed by atoms with Crippen LogP contribution in [0.1, 0.15) is 11.1 Å². The summed E-state index contributed by atoms with van der Waals surface area (Å²) in [4.78, 5) is 0. The van der Waals surface area contributed by atoms with E-state index < -0.39 is 8.07 Å². The van der Waals surface area contributed by atoms with E-state index >= 15 is 0 Å². The van der Waals surface area contributed by atoms with Crippen LogP contribution in [0.5, 0.6) is 0 Å². The molecule has 0 spiro atoms. The molecule has 4 aromatic rings. The lowest BCUT2D eigenvalue weighted by molar-refractivity contribution is 1.54. The first kappa shape index (κ1) is 17.9. The van der Waals surface area contributed by atoms with E-state index in [1.54, 1.807) is 0 Å². The molecule has 5 rings (SSSR count). The van der Waals surface area contributed by atoms with Crippen molar-refractivity contribution in [3.8, 4) is 0 Å². The van der Waals surface area contributed by atoms with Gasteiger partial charge in [-0.1, -0.05) is 132 Å². The van der Waals surface area contributed by atoms with Crippen molar-refractivity contribution in [3.63, 3.8) is 0 Å². The average molecular weight is 389 g/mol. The Bertz CT molecular complexity index is 1020. The van der Waals surface area contributed by atoms with Crippen LogP contribution in [0.4, 0.5) is 0 Å². The molecule has 0 saturated heterocycles. The minimum atomic E-state index is -1.95. The number of hydrogen-bond acceptors (Lipinski definition) is 0. The Labute approximate surface area is 174 Å². The van der Waals surface area contributed by atoms with Gasteiger partial charge in [-0.25, -0.2) is 0 Å². The minimum absolute atomic E-state index is 1.15. The lowest BCUT2D eigenvalue weighted by Gasteiger charge is -2.29. The molecule has 1 aliphatic heterocycles. The molecule has 1 heteroatoms. The second-order valence-corrected chi connectivity index (χ2v) is 11.9. The maximum atomic E-state index is 2.36. The molecular weight excluding hydrogens is 364 g/mol. The molecule has 0 fully saturated rings. The predicted octanol–water partition coefficient (Wildman–Crippen LogP) is 5.87. The Kier molecular flexibility index (Phi) is 4.75. The first-order valence-electron chi connectivity index (χ1n) is 10.3. The standard InChI is InChI=1S/C28H24Si/c1-5-13-23(14-6-1)27-21-29(25-17-9-3-10-18-25,26-19-11-4-12-20-26)22-28(27)24-15-7-2-8-16-24/h1-20H,21-22H2. The van der Waals surface area contributed by atoms with E-state index in [2.05, 4.69) is 121 Å². The lowest BCUT2D eigenvalue weighted by Crippen LogP contribution is -2.56. The summed E-state index contributed by atoms with van der Waals surface area (Å²) in [7, 11) is -1.95. The van der Waals surface area contributed by atoms with Crippen molar-refractivity contribution in [3.05, 3.63) is 132 Å². The molecular formula is C28H24Si. The fourth-order valence-corrected chi connectivity index (χ4v) is 9.78. The van der Waals surface area contributed by atoms with Gasteiger partial charge in [-0.15, -0.1) is 0 Å². The lowest BCUT2D eigenvalue weighted by atomic mass is 9.97. The van der Waals surface area contributed by atoms with Gasteiger partial charge < -0.3 is 0 Å². The molecule has 0 unspecified atom stereocenters.